The number of benzene rings is 2. The van der Waals surface area contributed by atoms with Crippen molar-refractivity contribution in [3.05, 3.63) is 79.9 Å². The van der Waals surface area contributed by atoms with Crippen LogP contribution in [0.1, 0.15) is 20.9 Å². The molecule has 4 rings (SSSR count). The number of carbonyl (C=O) groups is 1. The zero-order chi connectivity index (χ0) is 20.7. The smallest absolute Gasteiger partial charge is 0.270 e. The first-order chi connectivity index (χ1) is 13.8. The molecule has 1 N–H and O–H groups in total. The summed E-state index contributed by atoms with van der Waals surface area (Å²) in [5.41, 5.74) is 3.47. The minimum absolute atomic E-state index is 0.00698. The molecule has 4 aromatic rings. The number of nitro groups is 1. The van der Waals surface area contributed by atoms with E-state index in [9.17, 15) is 14.9 Å². The minimum atomic E-state index is -0.437. The lowest BCUT2D eigenvalue weighted by Gasteiger charge is -2.08. The third-order valence-corrected chi connectivity index (χ3v) is 6.20. The van der Waals surface area contributed by atoms with E-state index in [0.29, 0.717) is 31.8 Å². The Morgan fingerprint density at radius 3 is 2.72 bits per heavy atom. The van der Waals surface area contributed by atoms with E-state index in [0.717, 1.165) is 11.3 Å². The minimum Gasteiger partial charge on any atom is -0.321 e. The van der Waals surface area contributed by atoms with Crippen LogP contribution in [0, 0.1) is 24.0 Å². The molecule has 29 heavy (non-hydrogen) atoms. The van der Waals surface area contributed by atoms with E-state index in [1.54, 1.807) is 36.5 Å². The average Bonchev–Trinajstić information content (AvgIpc) is 3.25. The molecule has 0 saturated heterocycles. The van der Waals surface area contributed by atoms with Gasteiger partial charge in [-0.15, -0.1) is 0 Å². The molecule has 2 aromatic carbocycles. The van der Waals surface area contributed by atoms with E-state index in [2.05, 4.69) is 10.3 Å². The first kappa shape index (κ1) is 19.1. The maximum absolute atomic E-state index is 12.8. The van der Waals surface area contributed by atoms with Crippen LogP contribution in [0.15, 0.2) is 48.7 Å². The number of aryl methyl sites for hydroxylation is 1. The Hall–Kier alpha value is -3.23. The van der Waals surface area contributed by atoms with Gasteiger partial charge in [-0.25, -0.2) is 4.98 Å². The quantitative estimate of drug-likeness (QED) is 0.345. The molecule has 0 aliphatic rings. The van der Waals surface area contributed by atoms with Crippen molar-refractivity contribution >= 4 is 45.2 Å². The first-order valence-corrected chi connectivity index (χ1v) is 9.84. The van der Waals surface area contributed by atoms with Crippen molar-refractivity contribution in [2.45, 2.75) is 13.8 Å². The number of carbonyl (C=O) groups excluding carboxylic acids is 1. The number of aromatic nitrogens is 2. The Bertz CT molecular complexity index is 1280. The molecule has 1 amide bonds. The second-order valence-corrected chi connectivity index (χ2v) is 7.85. The van der Waals surface area contributed by atoms with Crippen LogP contribution in [-0.4, -0.2) is 20.2 Å². The van der Waals surface area contributed by atoms with Crippen LogP contribution >= 0.6 is 22.9 Å². The molecule has 0 radical (unpaired) electrons. The number of halogens is 1. The van der Waals surface area contributed by atoms with Gasteiger partial charge in [0.25, 0.3) is 11.6 Å². The summed E-state index contributed by atoms with van der Waals surface area (Å²) >= 11 is 7.38. The fourth-order valence-corrected chi connectivity index (χ4v) is 4.18. The third kappa shape index (κ3) is 3.48. The van der Waals surface area contributed by atoms with Gasteiger partial charge >= 0.3 is 0 Å². The van der Waals surface area contributed by atoms with E-state index < -0.39 is 4.92 Å². The van der Waals surface area contributed by atoms with E-state index in [4.69, 9.17) is 11.6 Å². The summed E-state index contributed by atoms with van der Waals surface area (Å²) in [4.78, 5) is 29.1. The number of anilines is 1. The van der Waals surface area contributed by atoms with E-state index in [1.165, 1.54) is 23.5 Å². The molecule has 0 saturated carbocycles. The molecule has 0 fully saturated rings. The van der Waals surface area contributed by atoms with Gasteiger partial charge in [0.1, 0.15) is 4.88 Å². The second-order valence-electron chi connectivity index (χ2n) is 6.47. The average molecular weight is 427 g/mol. The SMILES string of the molecule is Cc1c(Cl)cccc1NC(=O)c1sc2nc(-c3cccc([N+](=O)[O-])c3)cn2c1C. The normalized spacial score (nSPS) is 11.0. The van der Waals surface area contributed by atoms with Gasteiger partial charge in [-0.2, -0.15) is 0 Å². The largest absolute Gasteiger partial charge is 0.321 e. The Kier molecular flexibility index (Phi) is 4.81. The highest BCUT2D eigenvalue weighted by Gasteiger charge is 2.19. The fourth-order valence-electron chi connectivity index (χ4n) is 3.00. The maximum Gasteiger partial charge on any atom is 0.270 e. The van der Waals surface area contributed by atoms with Crippen molar-refractivity contribution < 1.29 is 9.72 Å². The number of rotatable bonds is 4. The fraction of sp³-hybridized carbons (Fsp3) is 0.100. The molecular formula is C20H15ClN4O3S. The van der Waals surface area contributed by atoms with Crippen molar-refractivity contribution in [3.63, 3.8) is 0 Å². The van der Waals surface area contributed by atoms with Gasteiger partial charge in [-0.05, 0) is 31.5 Å². The Labute approximate surface area is 174 Å². The highest BCUT2D eigenvalue weighted by atomic mass is 35.5. The first-order valence-electron chi connectivity index (χ1n) is 8.65. The van der Waals surface area contributed by atoms with Crippen LogP contribution in [0.25, 0.3) is 16.2 Å². The van der Waals surface area contributed by atoms with Gasteiger partial charge in [0.2, 0.25) is 0 Å². The van der Waals surface area contributed by atoms with Gasteiger partial charge in [-0.1, -0.05) is 41.1 Å². The molecule has 2 aromatic heterocycles. The summed E-state index contributed by atoms with van der Waals surface area (Å²) in [6, 6.07) is 11.7. The highest BCUT2D eigenvalue weighted by molar-refractivity contribution is 7.19. The molecule has 146 valence electrons. The summed E-state index contributed by atoms with van der Waals surface area (Å²) in [6.45, 7) is 3.68. The van der Waals surface area contributed by atoms with Gasteiger partial charge < -0.3 is 5.32 Å². The summed E-state index contributed by atoms with van der Waals surface area (Å²) < 4.78 is 1.82. The van der Waals surface area contributed by atoms with Crippen molar-refractivity contribution in [1.82, 2.24) is 9.38 Å². The molecule has 0 atom stereocenters. The number of fused-ring (bicyclic) bond motifs is 1. The van der Waals surface area contributed by atoms with Crippen LogP contribution in [0.4, 0.5) is 11.4 Å². The van der Waals surface area contributed by atoms with Crippen LogP contribution in [0.5, 0.6) is 0 Å². The van der Waals surface area contributed by atoms with E-state index >= 15 is 0 Å². The van der Waals surface area contributed by atoms with Crippen LogP contribution < -0.4 is 5.32 Å². The number of thiazole rings is 1. The number of nitrogens with zero attached hydrogens (tertiary/aromatic N) is 3. The van der Waals surface area contributed by atoms with Crippen molar-refractivity contribution in [1.29, 1.82) is 0 Å². The number of hydrogen-bond acceptors (Lipinski definition) is 5. The molecule has 2 heterocycles. The predicted octanol–water partition coefficient (Wildman–Crippen LogP) is 5.49. The van der Waals surface area contributed by atoms with E-state index in [-0.39, 0.29) is 11.6 Å². The predicted molar refractivity (Wildman–Crippen MR) is 114 cm³/mol. The highest BCUT2D eigenvalue weighted by Crippen LogP contribution is 2.30. The van der Waals surface area contributed by atoms with Crippen molar-refractivity contribution in [2.75, 3.05) is 5.32 Å². The molecule has 7 nitrogen and oxygen atoms in total. The molecule has 0 unspecified atom stereocenters. The molecule has 0 aliphatic heterocycles. The lowest BCUT2D eigenvalue weighted by Crippen LogP contribution is -2.12. The zero-order valence-electron chi connectivity index (χ0n) is 15.5. The summed E-state index contributed by atoms with van der Waals surface area (Å²) in [6.07, 6.45) is 1.78. The summed E-state index contributed by atoms with van der Waals surface area (Å²) in [7, 11) is 0. The van der Waals surface area contributed by atoms with Crippen LogP contribution in [0.2, 0.25) is 5.02 Å². The Morgan fingerprint density at radius 1 is 1.24 bits per heavy atom. The topological polar surface area (TPSA) is 89.5 Å². The van der Waals surface area contributed by atoms with E-state index in [1.807, 2.05) is 18.2 Å². The Morgan fingerprint density at radius 2 is 2.00 bits per heavy atom. The summed E-state index contributed by atoms with van der Waals surface area (Å²) in [5, 5.41) is 14.5. The number of nitro benzene ring substituents is 1. The second kappa shape index (κ2) is 7.31. The van der Waals surface area contributed by atoms with Crippen LogP contribution in [0.3, 0.4) is 0 Å². The standard InChI is InChI=1S/C20H15ClN4O3S/c1-11-15(21)7-4-8-16(11)22-19(26)18-12(2)24-10-17(23-20(24)29-18)13-5-3-6-14(9-13)25(27)28/h3-10H,1-2H3,(H,22,26). The molecule has 0 spiro atoms. The lowest BCUT2D eigenvalue weighted by atomic mass is 10.1. The van der Waals surface area contributed by atoms with Crippen molar-refractivity contribution in [3.8, 4) is 11.3 Å². The monoisotopic (exact) mass is 426 g/mol. The number of non-ortho nitro benzene ring substituents is 1. The lowest BCUT2D eigenvalue weighted by molar-refractivity contribution is -0.384. The molecule has 0 bridgehead atoms. The van der Waals surface area contributed by atoms with Gasteiger partial charge in [0.05, 0.1) is 10.6 Å². The maximum atomic E-state index is 12.8. The van der Waals surface area contributed by atoms with Gasteiger partial charge in [-0.3, -0.25) is 19.3 Å². The Balaban J connectivity index is 1.66. The zero-order valence-corrected chi connectivity index (χ0v) is 17.0. The van der Waals surface area contributed by atoms with Crippen molar-refractivity contribution in [2.24, 2.45) is 0 Å². The number of hydrogen-bond donors (Lipinski definition) is 1. The molecule has 9 heteroatoms. The molecule has 0 aliphatic carbocycles. The molecular weight excluding hydrogens is 412 g/mol. The number of amides is 1. The van der Waals surface area contributed by atoms with Crippen LogP contribution in [-0.2, 0) is 0 Å². The number of imidazole rings is 1. The van der Waals surface area contributed by atoms with Gasteiger partial charge in [0, 0.05) is 40.3 Å². The third-order valence-electron chi connectivity index (χ3n) is 4.63. The summed E-state index contributed by atoms with van der Waals surface area (Å²) in [5.74, 6) is -0.236. The number of nitrogens with one attached hydrogen (secondary N) is 1. The van der Waals surface area contributed by atoms with Gasteiger partial charge in [0.15, 0.2) is 4.96 Å².